The van der Waals surface area contributed by atoms with Crippen LogP contribution in [0.25, 0.3) is 11.1 Å². The molecular formula is C36H36N4O2. The van der Waals surface area contributed by atoms with Gasteiger partial charge in [0, 0.05) is 55.3 Å². The Morgan fingerprint density at radius 3 is 2.24 bits per heavy atom. The summed E-state index contributed by atoms with van der Waals surface area (Å²) in [5.41, 5.74) is 6.71. The number of anilines is 1. The second kappa shape index (κ2) is 13.4. The quantitative estimate of drug-likeness (QED) is 0.132. The number of carbonyl (C=O) groups excluding carboxylic acids is 1. The van der Waals surface area contributed by atoms with Crippen LogP contribution >= 0.6 is 0 Å². The molecule has 5 aromatic rings. The number of nitrogens with zero attached hydrogens (tertiary/aromatic N) is 3. The fourth-order valence-electron chi connectivity index (χ4n) is 5.17. The number of rotatable bonds is 11. The van der Waals surface area contributed by atoms with Crippen LogP contribution in [0.5, 0.6) is 0 Å². The molecule has 1 aromatic heterocycles. The molecule has 1 heterocycles. The van der Waals surface area contributed by atoms with Gasteiger partial charge < -0.3 is 15.4 Å². The molecule has 0 aliphatic rings. The molecule has 6 heteroatoms. The molecule has 0 saturated heterocycles. The number of benzene rings is 4. The molecule has 5 rings (SSSR count). The van der Waals surface area contributed by atoms with Gasteiger partial charge in [0.15, 0.2) is 0 Å². The van der Waals surface area contributed by atoms with E-state index in [2.05, 4.69) is 28.3 Å². The Kier molecular flexibility index (Phi) is 9.19. The van der Waals surface area contributed by atoms with Crippen LogP contribution in [0.1, 0.15) is 27.9 Å². The molecule has 1 unspecified atom stereocenters. The SMILES string of the molecule is Cc1ccc(-c2ccccc2C(=O)Nc2ccc([N+]([O-])(CCCN(C)Cc3cccnc3)c3ccccc3)cc2)cc1. The number of nitrogens with one attached hydrogen (secondary N) is 1. The van der Waals surface area contributed by atoms with Gasteiger partial charge in [-0.2, -0.15) is 0 Å². The first-order valence-corrected chi connectivity index (χ1v) is 14.2. The van der Waals surface area contributed by atoms with Crippen molar-refractivity contribution in [2.24, 2.45) is 0 Å². The number of para-hydroxylation sites is 1. The predicted molar refractivity (Wildman–Crippen MR) is 172 cm³/mol. The van der Waals surface area contributed by atoms with Gasteiger partial charge in [-0.15, -0.1) is 0 Å². The highest BCUT2D eigenvalue weighted by molar-refractivity contribution is 6.08. The van der Waals surface area contributed by atoms with Crippen molar-refractivity contribution in [1.82, 2.24) is 14.5 Å². The highest BCUT2D eigenvalue weighted by Gasteiger charge is 2.24. The van der Waals surface area contributed by atoms with Crippen LogP contribution < -0.4 is 9.96 Å². The standard InChI is InChI=1S/C36H36N4O2/c1-28-15-17-30(18-16-28)34-13-6-7-14-35(34)36(41)38-31-19-21-33(22-20-31)40(42,32-11-4-3-5-12-32)25-9-24-39(2)27-29-10-8-23-37-26-29/h3-8,10-23,26H,9,24-25,27H2,1-2H3,(H,38,41). The first kappa shape index (κ1) is 28.9. The number of amides is 1. The zero-order chi connectivity index (χ0) is 29.4. The lowest BCUT2D eigenvalue weighted by atomic mass is 9.98. The summed E-state index contributed by atoms with van der Waals surface area (Å²) in [5, 5.41) is 17.5. The highest BCUT2D eigenvalue weighted by atomic mass is 16.5. The van der Waals surface area contributed by atoms with Crippen molar-refractivity contribution in [2.75, 3.05) is 25.5 Å². The molecule has 1 atom stereocenters. The third-order valence-corrected chi connectivity index (χ3v) is 7.44. The first-order chi connectivity index (χ1) is 20.4. The van der Waals surface area contributed by atoms with Crippen molar-refractivity contribution in [3.8, 4) is 11.1 Å². The largest absolute Gasteiger partial charge is 0.622 e. The van der Waals surface area contributed by atoms with Gasteiger partial charge in [-0.1, -0.05) is 72.3 Å². The normalized spacial score (nSPS) is 12.6. The van der Waals surface area contributed by atoms with Crippen molar-refractivity contribution in [3.05, 3.63) is 150 Å². The van der Waals surface area contributed by atoms with Crippen molar-refractivity contribution in [2.45, 2.75) is 19.9 Å². The molecule has 6 nitrogen and oxygen atoms in total. The third-order valence-electron chi connectivity index (χ3n) is 7.44. The number of aryl methyl sites for hydroxylation is 1. The average Bonchev–Trinajstić information content (AvgIpc) is 3.02. The Morgan fingerprint density at radius 2 is 1.52 bits per heavy atom. The molecule has 212 valence electrons. The first-order valence-electron chi connectivity index (χ1n) is 14.2. The number of hydrogen-bond acceptors (Lipinski definition) is 4. The van der Waals surface area contributed by atoms with Gasteiger partial charge in [0.2, 0.25) is 0 Å². The molecule has 1 amide bonds. The Balaban J connectivity index is 1.30. The number of quaternary nitrogens is 1. The molecule has 0 saturated carbocycles. The minimum atomic E-state index is -0.577. The van der Waals surface area contributed by atoms with Gasteiger partial charge in [-0.05, 0) is 67.1 Å². The number of hydroxylamine groups is 1. The minimum absolute atomic E-state index is 0.193. The van der Waals surface area contributed by atoms with E-state index < -0.39 is 4.65 Å². The van der Waals surface area contributed by atoms with Gasteiger partial charge in [0.25, 0.3) is 5.91 Å². The van der Waals surface area contributed by atoms with Crippen molar-refractivity contribution >= 4 is 23.0 Å². The summed E-state index contributed by atoms with van der Waals surface area (Å²) in [6, 6.07) is 36.5. The van der Waals surface area contributed by atoms with Gasteiger partial charge >= 0.3 is 0 Å². The summed E-state index contributed by atoms with van der Waals surface area (Å²) in [7, 11) is 2.06. The van der Waals surface area contributed by atoms with Crippen molar-refractivity contribution in [1.29, 1.82) is 0 Å². The highest BCUT2D eigenvalue weighted by Crippen LogP contribution is 2.35. The van der Waals surface area contributed by atoms with E-state index in [-0.39, 0.29) is 5.91 Å². The lowest BCUT2D eigenvalue weighted by Crippen LogP contribution is -2.39. The van der Waals surface area contributed by atoms with E-state index in [1.165, 1.54) is 5.56 Å². The molecule has 42 heavy (non-hydrogen) atoms. The topological polar surface area (TPSA) is 68.3 Å². The van der Waals surface area contributed by atoms with Gasteiger partial charge in [-0.3, -0.25) is 14.4 Å². The Hall–Kier alpha value is -4.62. The van der Waals surface area contributed by atoms with Crippen LogP contribution in [0.2, 0.25) is 0 Å². The second-order valence-electron chi connectivity index (χ2n) is 10.7. The lowest BCUT2D eigenvalue weighted by molar-refractivity contribution is 0.102. The second-order valence-corrected chi connectivity index (χ2v) is 10.7. The van der Waals surface area contributed by atoms with Gasteiger partial charge in [0.1, 0.15) is 11.4 Å². The van der Waals surface area contributed by atoms with Crippen LogP contribution in [0.4, 0.5) is 17.1 Å². The summed E-state index contributed by atoms with van der Waals surface area (Å²) < 4.78 is -0.577. The maximum absolute atomic E-state index is 14.4. The van der Waals surface area contributed by atoms with E-state index in [4.69, 9.17) is 0 Å². The van der Waals surface area contributed by atoms with E-state index >= 15 is 0 Å². The summed E-state index contributed by atoms with van der Waals surface area (Å²) in [6.45, 7) is 3.98. The van der Waals surface area contributed by atoms with E-state index in [1.807, 2.05) is 122 Å². The zero-order valence-electron chi connectivity index (χ0n) is 24.1. The van der Waals surface area contributed by atoms with Gasteiger partial charge in [0.05, 0.1) is 6.54 Å². The molecule has 0 bridgehead atoms. The number of pyridine rings is 1. The van der Waals surface area contributed by atoms with Crippen LogP contribution in [0, 0.1) is 12.1 Å². The van der Waals surface area contributed by atoms with Crippen molar-refractivity contribution in [3.63, 3.8) is 0 Å². The average molecular weight is 557 g/mol. The maximum atomic E-state index is 14.4. The molecule has 4 aromatic carbocycles. The molecule has 1 N–H and O–H groups in total. The molecular weight excluding hydrogens is 520 g/mol. The maximum Gasteiger partial charge on any atom is 0.256 e. The van der Waals surface area contributed by atoms with Crippen LogP contribution in [-0.2, 0) is 6.54 Å². The van der Waals surface area contributed by atoms with Gasteiger partial charge in [-0.25, -0.2) is 0 Å². The number of aromatic nitrogens is 1. The van der Waals surface area contributed by atoms with Crippen molar-refractivity contribution < 1.29 is 4.79 Å². The Bertz CT molecular complexity index is 1590. The summed E-state index contributed by atoms with van der Waals surface area (Å²) in [5.74, 6) is -0.193. The monoisotopic (exact) mass is 556 g/mol. The fraction of sp³-hybridized carbons (Fsp3) is 0.167. The summed E-state index contributed by atoms with van der Waals surface area (Å²) in [4.78, 5) is 19.7. The molecule has 0 aliphatic carbocycles. The number of carbonyl (C=O) groups is 1. The minimum Gasteiger partial charge on any atom is -0.622 e. The number of hydrogen-bond donors (Lipinski definition) is 1. The Morgan fingerprint density at radius 1 is 0.833 bits per heavy atom. The Labute approximate surface area is 248 Å². The van der Waals surface area contributed by atoms with Crippen LogP contribution in [-0.4, -0.2) is 35.9 Å². The van der Waals surface area contributed by atoms with Crippen LogP contribution in [0.3, 0.4) is 0 Å². The zero-order valence-corrected chi connectivity index (χ0v) is 24.1. The molecule has 0 fully saturated rings. The summed E-state index contributed by atoms with van der Waals surface area (Å²) in [6.07, 6.45) is 4.35. The van der Waals surface area contributed by atoms with Crippen LogP contribution in [0.15, 0.2) is 128 Å². The lowest BCUT2D eigenvalue weighted by Gasteiger charge is -2.42. The molecule has 0 radical (unpaired) electrons. The molecule has 0 aliphatic heterocycles. The predicted octanol–water partition coefficient (Wildman–Crippen LogP) is 7.97. The van der Waals surface area contributed by atoms with E-state index in [0.29, 0.717) is 35.6 Å². The molecule has 0 spiro atoms. The summed E-state index contributed by atoms with van der Waals surface area (Å²) >= 11 is 0. The smallest absolute Gasteiger partial charge is 0.256 e. The van der Waals surface area contributed by atoms with E-state index in [1.54, 1.807) is 6.20 Å². The van der Waals surface area contributed by atoms with E-state index in [9.17, 15) is 10.0 Å². The van der Waals surface area contributed by atoms with E-state index in [0.717, 1.165) is 29.8 Å². The fourth-order valence-corrected chi connectivity index (χ4v) is 5.17. The third kappa shape index (κ3) is 6.98.